The van der Waals surface area contributed by atoms with Gasteiger partial charge in [0, 0.05) is 30.7 Å². The van der Waals surface area contributed by atoms with Crippen LogP contribution in [0.4, 0.5) is 5.82 Å². The summed E-state index contributed by atoms with van der Waals surface area (Å²) in [6.45, 7) is 0.0251. The number of carbonyl (C=O) groups excluding carboxylic acids is 3. The van der Waals surface area contributed by atoms with Gasteiger partial charge >= 0.3 is 23.5 Å². The molecule has 352 valence electrons. The van der Waals surface area contributed by atoms with E-state index in [1.165, 1.54) is 13.8 Å². The molecule has 2 aromatic heterocycles. The molecule has 1 aromatic carbocycles. The van der Waals surface area contributed by atoms with Crippen LogP contribution in [0.2, 0.25) is 0 Å². The van der Waals surface area contributed by atoms with E-state index in [0.29, 0.717) is 5.56 Å². The average Bonchev–Trinajstić information content (AvgIpc) is 3.74. The highest BCUT2D eigenvalue weighted by Gasteiger charge is 2.50. The van der Waals surface area contributed by atoms with Crippen LogP contribution in [0.25, 0.3) is 11.2 Å². The fourth-order valence-electron chi connectivity index (χ4n) is 5.60. The Kier molecular flexibility index (Phi) is 18.1. The second-order valence-corrected chi connectivity index (χ2v) is 20.8. The Morgan fingerprint density at radius 3 is 2.33 bits per heavy atom. The number of aliphatic hydroxyl groups is 2. The Morgan fingerprint density at radius 2 is 1.68 bits per heavy atom. The smallest absolute Gasteiger partial charge is 0.386 e. The average molecular weight is 994 g/mol. The Balaban J connectivity index is 1.21. The predicted octanol–water partition coefficient (Wildman–Crippen LogP) is -1.93. The molecule has 0 saturated carbocycles. The lowest BCUT2D eigenvalue weighted by molar-refractivity contribution is -0.137. The predicted molar refractivity (Wildman–Crippen MR) is 217 cm³/mol. The van der Waals surface area contributed by atoms with Gasteiger partial charge in [-0.3, -0.25) is 32.5 Å². The number of nitrogens with one attached hydrogen (secondary N) is 3. The van der Waals surface area contributed by atoms with Crippen molar-refractivity contribution < 1.29 is 88.9 Å². The third kappa shape index (κ3) is 16.2. The summed E-state index contributed by atoms with van der Waals surface area (Å²) in [6.07, 6.45) is -7.19. The van der Waals surface area contributed by atoms with Crippen molar-refractivity contribution in [2.75, 3.05) is 37.8 Å². The number of fused-ring (bicyclic) bond motifs is 1. The third-order valence-electron chi connectivity index (χ3n) is 8.62. The number of ether oxygens (including phenoxy) is 1. The van der Waals surface area contributed by atoms with Crippen LogP contribution in [0.1, 0.15) is 32.1 Å². The molecule has 0 spiro atoms. The maximum absolute atomic E-state index is 12.7. The van der Waals surface area contributed by atoms with E-state index in [-0.39, 0.29) is 48.7 Å². The molecule has 1 aliphatic heterocycles. The fourth-order valence-corrected chi connectivity index (χ4v) is 9.84. The lowest BCUT2D eigenvalue weighted by Crippen LogP contribution is -2.46. The minimum atomic E-state index is -5.61. The summed E-state index contributed by atoms with van der Waals surface area (Å²) in [4.78, 5) is 88.7. The molecule has 4 rings (SSSR count). The van der Waals surface area contributed by atoms with Gasteiger partial charge in [-0.1, -0.05) is 55.9 Å². The molecule has 2 amide bonds. The first-order valence-corrected chi connectivity index (χ1v) is 25.1. The van der Waals surface area contributed by atoms with E-state index >= 15 is 0 Å². The monoisotopic (exact) mass is 993 g/mol. The Hall–Kier alpha value is -3.35. The molecule has 1 fully saturated rings. The molecular formula is C30H46N9O19P3S2. The topological polar surface area (TPSA) is 436 Å². The largest absolute Gasteiger partial charge is 0.481 e. The van der Waals surface area contributed by atoms with E-state index in [4.69, 9.17) is 24.7 Å². The van der Waals surface area contributed by atoms with Crippen LogP contribution >= 0.6 is 35.2 Å². The number of phosphoric ester groups is 3. The number of imidazole rings is 1. The highest BCUT2D eigenvalue weighted by molar-refractivity contribution is 8.13. The number of anilines is 1. The normalized spacial score (nSPS) is 21.3. The van der Waals surface area contributed by atoms with Gasteiger partial charge in [-0.15, -0.1) is 0 Å². The fraction of sp³-hybridized carbons (Fsp3) is 0.533. The Labute approximate surface area is 362 Å². The lowest BCUT2D eigenvalue weighted by Gasteiger charge is -2.30. The summed E-state index contributed by atoms with van der Waals surface area (Å²) in [6, 6.07) is 7.43. The van der Waals surface area contributed by atoms with Crippen LogP contribution in [-0.2, 0) is 67.3 Å². The highest BCUT2D eigenvalue weighted by Crippen LogP contribution is 2.61. The number of rotatable bonds is 24. The zero-order valence-corrected chi connectivity index (χ0v) is 37.4. The van der Waals surface area contributed by atoms with Gasteiger partial charge in [0.25, 0.3) is 10.2 Å². The summed E-state index contributed by atoms with van der Waals surface area (Å²) in [5.41, 5.74) is 4.85. The number of nitrogens with two attached hydrogens (primary N) is 2. The first-order chi connectivity index (χ1) is 29.2. The molecule has 1 aliphatic rings. The van der Waals surface area contributed by atoms with Gasteiger partial charge in [-0.25, -0.2) is 33.8 Å². The summed E-state index contributed by atoms with van der Waals surface area (Å²) in [7, 11) is -20.7. The van der Waals surface area contributed by atoms with E-state index in [1.54, 1.807) is 30.3 Å². The van der Waals surface area contributed by atoms with Gasteiger partial charge in [0.1, 0.15) is 36.3 Å². The van der Waals surface area contributed by atoms with Crippen LogP contribution in [0, 0.1) is 5.41 Å². The number of thioether (sulfide) groups is 1. The SMILES string of the molecule is CC(C)(COP(=O)(O)OP(=O)(O)OCC1OC(n2cnc3c(N)ncnc32)C(O)C1OP(=O)(O)O)C(O)C(=O)NCCC(=O)NCCSC(=O)C(Cc1ccccc1)NS(N)(=O)=O. The van der Waals surface area contributed by atoms with Crippen LogP contribution < -0.4 is 26.2 Å². The van der Waals surface area contributed by atoms with Crippen molar-refractivity contribution in [2.45, 2.75) is 63.4 Å². The zero-order chi connectivity index (χ0) is 47.0. The van der Waals surface area contributed by atoms with Crippen molar-refractivity contribution in [1.29, 1.82) is 0 Å². The molecule has 13 N–H and O–H groups in total. The van der Waals surface area contributed by atoms with E-state index in [1.807, 2.05) is 0 Å². The van der Waals surface area contributed by atoms with E-state index in [0.717, 1.165) is 29.0 Å². The van der Waals surface area contributed by atoms with Crippen LogP contribution in [0.5, 0.6) is 0 Å². The number of hydrogen-bond acceptors (Lipinski definition) is 20. The van der Waals surface area contributed by atoms with Crippen molar-refractivity contribution in [1.82, 2.24) is 34.9 Å². The highest BCUT2D eigenvalue weighted by atomic mass is 32.2. The summed E-state index contributed by atoms with van der Waals surface area (Å²) < 4.78 is 87.5. The maximum Gasteiger partial charge on any atom is 0.481 e. The lowest BCUT2D eigenvalue weighted by atomic mass is 9.87. The standard InChI is InChI=1S/C30H46N9O19P3S2/c1-30(2,24(42)27(43)34-9-8-20(40)33-10-11-62-29(44)18(38-63(32,52)53)12-17-6-4-3-5-7-17)14-55-61(50,51)58-60(48,49)54-13-19-23(57-59(45,46)47)22(41)28(56-19)39-16-37-21-25(31)35-15-36-26(21)39/h3-7,15-16,18-19,22-24,28,38,41-42H,8-14H2,1-2H3,(H,33,40)(H,34,43)(H,48,49)(H,50,51)(H2,31,35,36)(H2,32,52,53)(H2,45,46,47). The minimum Gasteiger partial charge on any atom is -0.386 e. The molecule has 8 unspecified atom stereocenters. The molecule has 33 heteroatoms. The van der Waals surface area contributed by atoms with Crippen molar-refractivity contribution in [3.63, 3.8) is 0 Å². The molecule has 3 heterocycles. The number of aromatic nitrogens is 4. The van der Waals surface area contributed by atoms with Gasteiger partial charge in [0.05, 0.1) is 25.6 Å². The second kappa shape index (κ2) is 21.8. The Morgan fingerprint density at radius 1 is 1.02 bits per heavy atom. The zero-order valence-electron chi connectivity index (χ0n) is 33.0. The van der Waals surface area contributed by atoms with E-state index < -0.39 is 106 Å². The van der Waals surface area contributed by atoms with Gasteiger partial charge in [0.15, 0.2) is 17.7 Å². The maximum atomic E-state index is 12.7. The van der Waals surface area contributed by atoms with Crippen molar-refractivity contribution in [2.24, 2.45) is 10.6 Å². The van der Waals surface area contributed by atoms with Gasteiger partial charge in [-0.05, 0) is 12.0 Å². The van der Waals surface area contributed by atoms with Crippen LogP contribution in [0.15, 0.2) is 43.0 Å². The molecule has 63 heavy (non-hydrogen) atoms. The number of benzene rings is 1. The number of amides is 2. The first kappa shape index (κ1) is 52.3. The molecule has 1 saturated heterocycles. The van der Waals surface area contributed by atoms with Gasteiger partial charge < -0.3 is 50.9 Å². The molecule has 0 bridgehead atoms. The number of hydrogen-bond donors (Lipinski definition) is 11. The first-order valence-electron chi connectivity index (χ1n) is 18.1. The molecule has 0 radical (unpaired) electrons. The third-order valence-corrected chi connectivity index (χ3v) is 13.3. The minimum absolute atomic E-state index is 0.0135. The molecule has 0 aliphatic carbocycles. The molecule has 8 atom stereocenters. The number of nitrogens with zero attached hydrogens (tertiary/aromatic N) is 4. The number of nitrogen functional groups attached to an aromatic ring is 1. The summed E-state index contributed by atoms with van der Waals surface area (Å²) in [5.74, 6) is -1.61. The number of carbonyl (C=O) groups is 3. The molecular weight excluding hydrogens is 947 g/mol. The van der Waals surface area contributed by atoms with E-state index in [2.05, 4.69) is 39.1 Å². The summed E-state index contributed by atoms with van der Waals surface area (Å²) >= 11 is 0.756. The van der Waals surface area contributed by atoms with Crippen LogP contribution in [-0.4, -0.2) is 137 Å². The van der Waals surface area contributed by atoms with Gasteiger partial charge in [-0.2, -0.15) is 17.5 Å². The molecule has 3 aromatic rings. The van der Waals surface area contributed by atoms with Gasteiger partial charge in [0.2, 0.25) is 16.9 Å². The Bertz CT molecular complexity index is 2340. The number of phosphoric acid groups is 3. The quantitative estimate of drug-likeness (QED) is 0.0344. The second-order valence-electron chi connectivity index (χ2n) is 14.1. The molecule has 28 nitrogen and oxygen atoms in total. The summed E-state index contributed by atoms with van der Waals surface area (Å²) in [5, 5.41) is 30.9. The van der Waals surface area contributed by atoms with Crippen LogP contribution in [0.3, 0.4) is 0 Å². The number of aliphatic hydroxyl groups excluding tert-OH is 2. The van der Waals surface area contributed by atoms with Crippen molar-refractivity contribution in [3.8, 4) is 0 Å². The van der Waals surface area contributed by atoms with E-state index in [9.17, 15) is 66.3 Å². The van der Waals surface area contributed by atoms with Crippen molar-refractivity contribution >= 4 is 79.4 Å². The van der Waals surface area contributed by atoms with Crippen molar-refractivity contribution in [3.05, 3.63) is 48.5 Å².